The number of sulfonamides is 1. The Hall–Kier alpha value is -3.66. The third-order valence-electron chi connectivity index (χ3n) is 6.91. The number of carbonyl (C=O) groups excluding carboxylic acids is 1. The van der Waals surface area contributed by atoms with Crippen LogP contribution in [0.15, 0.2) is 62.9 Å². The van der Waals surface area contributed by atoms with E-state index in [1.54, 1.807) is 42.2 Å². The number of fused-ring (bicyclic) bond motifs is 1. The van der Waals surface area contributed by atoms with Crippen molar-refractivity contribution in [2.45, 2.75) is 38.0 Å². The summed E-state index contributed by atoms with van der Waals surface area (Å²) in [4.78, 5) is 19.5. The van der Waals surface area contributed by atoms with Gasteiger partial charge in [0.05, 0.1) is 16.3 Å². The Morgan fingerprint density at radius 1 is 1.00 bits per heavy atom. The van der Waals surface area contributed by atoms with E-state index in [0.717, 1.165) is 12.0 Å². The topological polar surface area (TPSA) is 95.2 Å². The first kappa shape index (κ1) is 25.0. The van der Waals surface area contributed by atoms with Crippen molar-refractivity contribution in [3.8, 4) is 0 Å². The fourth-order valence-corrected chi connectivity index (χ4v) is 5.70. The summed E-state index contributed by atoms with van der Waals surface area (Å²) in [5.74, 6) is 0.395. The molecule has 0 saturated carbocycles. The number of hydrogen-bond acceptors (Lipinski definition) is 6. The van der Waals surface area contributed by atoms with Crippen molar-refractivity contribution < 1.29 is 22.0 Å². The predicted octanol–water partition coefficient (Wildman–Crippen LogP) is 4.02. The molecule has 1 aliphatic heterocycles. The van der Waals surface area contributed by atoms with E-state index in [1.807, 2.05) is 11.8 Å². The lowest BCUT2D eigenvalue weighted by Crippen LogP contribution is -2.49. The molecule has 2 heterocycles. The fourth-order valence-electron chi connectivity index (χ4n) is 4.87. The van der Waals surface area contributed by atoms with Gasteiger partial charge in [-0.15, -0.1) is 0 Å². The second-order valence-electron chi connectivity index (χ2n) is 9.40. The third-order valence-corrected chi connectivity index (χ3v) is 8.14. The molecule has 0 radical (unpaired) electrons. The molecule has 0 unspecified atom stereocenters. The smallest absolute Gasteiger partial charge is 0.289 e. The number of amides is 1. The van der Waals surface area contributed by atoms with Crippen LogP contribution in [-0.4, -0.2) is 51.1 Å². The van der Waals surface area contributed by atoms with Gasteiger partial charge in [-0.2, -0.15) is 18.4 Å². The van der Waals surface area contributed by atoms with Crippen LogP contribution in [-0.2, 0) is 16.4 Å². The molecule has 2 aliphatic rings. The standard InChI is InChI=1S/C27H29FN4O4S/c1-18-10-12-20(13-11-18)37(34,35)30-29-22-7-5-9-24-25(22)19(2)26(36-24)27(33)32-16-14-31(15-17-32)23-8-4-3-6-21(23)28/h3-4,6,8,10-13,30H,5,7,9,14-17H2,1-2H3/b29-22+. The monoisotopic (exact) mass is 524 g/mol. The van der Waals surface area contributed by atoms with Gasteiger partial charge >= 0.3 is 0 Å². The molecular formula is C27H29FN4O4S. The summed E-state index contributed by atoms with van der Waals surface area (Å²) in [7, 11) is -3.82. The molecule has 1 aromatic heterocycles. The Kier molecular flexibility index (Phi) is 6.76. The second kappa shape index (κ2) is 10.0. The maximum atomic E-state index is 14.2. The van der Waals surface area contributed by atoms with Gasteiger partial charge in [0, 0.05) is 43.7 Å². The van der Waals surface area contributed by atoms with Crippen LogP contribution in [0.1, 0.15) is 45.8 Å². The van der Waals surface area contributed by atoms with Crippen LogP contribution in [0.5, 0.6) is 0 Å². The Morgan fingerprint density at radius 3 is 2.41 bits per heavy atom. The maximum absolute atomic E-state index is 14.2. The average Bonchev–Trinajstić information content (AvgIpc) is 3.24. The van der Waals surface area contributed by atoms with Gasteiger partial charge in [-0.3, -0.25) is 4.79 Å². The Balaban J connectivity index is 1.33. The van der Waals surface area contributed by atoms with Crippen molar-refractivity contribution in [1.82, 2.24) is 9.73 Å². The van der Waals surface area contributed by atoms with Gasteiger partial charge in [0.2, 0.25) is 0 Å². The third kappa shape index (κ3) is 4.98. The molecule has 37 heavy (non-hydrogen) atoms. The van der Waals surface area contributed by atoms with E-state index < -0.39 is 10.0 Å². The Bertz CT molecular complexity index is 1460. The molecule has 10 heteroatoms. The first-order chi connectivity index (χ1) is 17.7. The first-order valence-electron chi connectivity index (χ1n) is 12.3. The van der Waals surface area contributed by atoms with E-state index in [4.69, 9.17) is 4.42 Å². The number of nitrogens with zero attached hydrogens (tertiary/aromatic N) is 3. The van der Waals surface area contributed by atoms with Gasteiger partial charge in [0.1, 0.15) is 11.6 Å². The number of halogens is 1. The number of nitrogens with one attached hydrogen (secondary N) is 1. The van der Waals surface area contributed by atoms with Crippen molar-refractivity contribution in [2.24, 2.45) is 5.10 Å². The summed E-state index contributed by atoms with van der Waals surface area (Å²) >= 11 is 0. The van der Waals surface area contributed by atoms with Crippen LogP contribution in [0, 0.1) is 19.7 Å². The summed E-state index contributed by atoms with van der Waals surface area (Å²) < 4.78 is 45.6. The number of para-hydroxylation sites is 1. The number of rotatable bonds is 5. The van der Waals surface area contributed by atoms with Gasteiger partial charge in [0.15, 0.2) is 5.76 Å². The number of aryl methyl sites for hydroxylation is 2. The molecule has 1 fully saturated rings. The largest absolute Gasteiger partial charge is 0.455 e. The molecule has 1 saturated heterocycles. The number of benzene rings is 2. The van der Waals surface area contributed by atoms with Crippen molar-refractivity contribution in [1.29, 1.82) is 0 Å². The summed E-state index contributed by atoms with van der Waals surface area (Å²) in [6.45, 7) is 5.60. The lowest BCUT2D eigenvalue weighted by atomic mass is 9.93. The second-order valence-corrected chi connectivity index (χ2v) is 11.1. The van der Waals surface area contributed by atoms with Gasteiger partial charge in [-0.05, 0) is 51.0 Å². The predicted molar refractivity (Wildman–Crippen MR) is 139 cm³/mol. The quantitative estimate of drug-likeness (QED) is 0.509. The molecule has 5 rings (SSSR count). The Morgan fingerprint density at radius 2 is 1.70 bits per heavy atom. The average molecular weight is 525 g/mol. The number of hydrogen-bond donors (Lipinski definition) is 1. The lowest BCUT2D eigenvalue weighted by molar-refractivity contribution is 0.0711. The zero-order valence-electron chi connectivity index (χ0n) is 20.8. The van der Waals surface area contributed by atoms with Crippen molar-refractivity contribution in [3.05, 3.63) is 82.6 Å². The molecule has 194 valence electrons. The molecule has 8 nitrogen and oxygen atoms in total. The number of furan rings is 1. The minimum Gasteiger partial charge on any atom is -0.455 e. The molecular weight excluding hydrogens is 495 g/mol. The highest BCUT2D eigenvalue weighted by molar-refractivity contribution is 7.89. The molecule has 2 aromatic carbocycles. The van der Waals surface area contributed by atoms with Crippen LogP contribution in [0.2, 0.25) is 0 Å². The number of piperazine rings is 1. The molecule has 0 atom stereocenters. The highest BCUT2D eigenvalue weighted by atomic mass is 32.2. The minimum absolute atomic E-state index is 0.132. The lowest BCUT2D eigenvalue weighted by Gasteiger charge is -2.35. The summed E-state index contributed by atoms with van der Waals surface area (Å²) in [5, 5.41) is 4.24. The maximum Gasteiger partial charge on any atom is 0.289 e. The molecule has 1 aliphatic carbocycles. The normalized spacial score (nSPS) is 17.1. The number of anilines is 1. The van der Waals surface area contributed by atoms with Gasteiger partial charge in [-0.1, -0.05) is 29.8 Å². The van der Waals surface area contributed by atoms with E-state index in [0.29, 0.717) is 67.3 Å². The highest BCUT2D eigenvalue weighted by Crippen LogP contribution is 2.31. The van der Waals surface area contributed by atoms with E-state index in [2.05, 4.69) is 9.93 Å². The van der Waals surface area contributed by atoms with Gasteiger partial charge < -0.3 is 14.2 Å². The van der Waals surface area contributed by atoms with Crippen LogP contribution >= 0.6 is 0 Å². The van der Waals surface area contributed by atoms with E-state index in [9.17, 15) is 17.6 Å². The summed E-state index contributed by atoms with van der Waals surface area (Å²) in [6, 6.07) is 13.2. The van der Waals surface area contributed by atoms with E-state index in [-0.39, 0.29) is 22.4 Å². The first-order valence-corrected chi connectivity index (χ1v) is 13.8. The van der Waals surface area contributed by atoms with Crippen molar-refractivity contribution in [2.75, 3.05) is 31.1 Å². The number of carbonyl (C=O) groups is 1. The molecule has 1 amide bonds. The fraction of sp³-hybridized carbons (Fsp3) is 0.333. The van der Waals surface area contributed by atoms with Gasteiger partial charge in [-0.25, -0.2) is 4.39 Å². The van der Waals surface area contributed by atoms with E-state index in [1.165, 1.54) is 18.2 Å². The van der Waals surface area contributed by atoms with Crippen LogP contribution in [0.3, 0.4) is 0 Å². The van der Waals surface area contributed by atoms with Crippen LogP contribution in [0.25, 0.3) is 0 Å². The van der Waals surface area contributed by atoms with Crippen molar-refractivity contribution >= 4 is 27.3 Å². The van der Waals surface area contributed by atoms with Gasteiger partial charge in [0.25, 0.3) is 15.9 Å². The Labute approximate surface area is 215 Å². The number of hydrazone groups is 1. The summed E-state index contributed by atoms with van der Waals surface area (Å²) in [6.07, 6.45) is 1.95. The minimum atomic E-state index is -3.82. The van der Waals surface area contributed by atoms with Crippen LogP contribution in [0.4, 0.5) is 10.1 Å². The molecule has 1 N–H and O–H groups in total. The molecule has 0 spiro atoms. The highest BCUT2D eigenvalue weighted by Gasteiger charge is 2.32. The van der Waals surface area contributed by atoms with Crippen LogP contribution < -0.4 is 9.73 Å². The summed E-state index contributed by atoms with van der Waals surface area (Å²) in [5.41, 5.74) is 3.41. The molecule has 0 bridgehead atoms. The van der Waals surface area contributed by atoms with Crippen molar-refractivity contribution in [3.63, 3.8) is 0 Å². The molecule has 3 aromatic rings. The SMILES string of the molecule is Cc1ccc(S(=O)(=O)N/N=C2\CCCc3oc(C(=O)N4CCN(c5ccccc5F)CC4)c(C)c32)cc1. The zero-order chi connectivity index (χ0) is 26.2. The zero-order valence-corrected chi connectivity index (χ0v) is 21.6. The van der Waals surface area contributed by atoms with E-state index >= 15 is 0 Å².